The number of nitro benzene ring substituents is 1. The number of nitrogens with zero attached hydrogens (tertiary/aromatic N) is 1. The number of carbonyl (C=O) groups is 1. The Balaban J connectivity index is 2.82. The second-order valence-corrected chi connectivity index (χ2v) is 3.52. The van der Waals surface area contributed by atoms with E-state index in [0.29, 0.717) is 17.9 Å². The summed E-state index contributed by atoms with van der Waals surface area (Å²) >= 11 is 0. The molecule has 18 heavy (non-hydrogen) atoms. The fourth-order valence-corrected chi connectivity index (χ4v) is 1.34. The van der Waals surface area contributed by atoms with Crippen molar-refractivity contribution < 1.29 is 14.5 Å². The molecule has 0 atom stereocenters. The van der Waals surface area contributed by atoms with Crippen LogP contribution in [0.3, 0.4) is 0 Å². The molecule has 96 valence electrons. The summed E-state index contributed by atoms with van der Waals surface area (Å²) in [5.74, 6) is 0.304. The van der Waals surface area contributed by atoms with E-state index < -0.39 is 4.92 Å². The molecule has 0 radical (unpaired) electrons. The van der Waals surface area contributed by atoms with Crippen LogP contribution in [0.4, 0.5) is 5.69 Å². The summed E-state index contributed by atoms with van der Waals surface area (Å²) in [6, 6.07) is 4.36. The number of carbonyl (C=O) groups excluding carboxylic acids is 1. The quantitative estimate of drug-likeness (QED) is 0.637. The Hall–Kier alpha value is -2.37. The summed E-state index contributed by atoms with van der Waals surface area (Å²) in [5, 5.41) is 13.2. The van der Waals surface area contributed by atoms with E-state index in [9.17, 15) is 14.9 Å². The summed E-state index contributed by atoms with van der Waals surface area (Å²) in [6.07, 6.45) is 3.48. The first-order chi connectivity index (χ1) is 8.54. The molecule has 1 N–H and O–H groups in total. The van der Waals surface area contributed by atoms with Crippen molar-refractivity contribution in [3.8, 4) is 5.75 Å². The maximum atomic E-state index is 10.7. The first kappa shape index (κ1) is 13.7. The van der Waals surface area contributed by atoms with Crippen LogP contribution in [0, 0.1) is 10.1 Å². The van der Waals surface area contributed by atoms with Crippen molar-refractivity contribution in [3.05, 3.63) is 40.0 Å². The highest BCUT2D eigenvalue weighted by Gasteiger charge is 2.09. The zero-order valence-corrected chi connectivity index (χ0v) is 10.2. The zero-order chi connectivity index (χ0) is 13.5. The van der Waals surface area contributed by atoms with E-state index in [1.54, 1.807) is 18.2 Å². The van der Waals surface area contributed by atoms with Crippen molar-refractivity contribution in [1.29, 1.82) is 0 Å². The molecule has 1 aromatic carbocycles. The van der Waals surface area contributed by atoms with Crippen molar-refractivity contribution in [2.45, 2.75) is 6.92 Å². The van der Waals surface area contributed by atoms with Gasteiger partial charge in [-0.25, -0.2) is 0 Å². The minimum atomic E-state index is -0.479. The average Bonchev–Trinajstić information content (AvgIpc) is 2.34. The van der Waals surface area contributed by atoms with Gasteiger partial charge in [0.1, 0.15) is 5.75 Å². The molecule has 0 heterocycles. The highest BCUT2D eigenvalue weighted by atomic mass is 16.6. The predicted molar refractivity (Wildman–Crippen MR) is 67.4 cm³/mol. The summed E-state index contributed by atoms with van der Waals surface area (Å²) in [4.78, 5) is 20.8. The first-order valence-corrected chi connectivity index (χ1v) is 5.28. The minimum absolute atomic E-state index is 0.0224. The number of rotatable bonds is 5. The zero-order valence-electron chi connectivity index (χ0n) is 10.2. The maximum absolute atomic E-state index is 10.7. The molecule has 0 aromatic heterocycles. The SMILES string of the molecule is COc1cc([N+](=O)[O-])ccc1C=CCNC(C)=O. The van der Waals surface area contributed by atoms with E-state index in [1.807, 2.05) is 0 Å². The summed E-state index contributed by atoms with van der Waals surface area (Å²) in [6.45, 7) is 1.83. The van der Waals surface area contributed by atoms with Gasteiger partial charge >= 0.3 is 0 Å². The Morgan fingerprint density at radius 3 is 2.83 bits per heavy atom. The summed E-state index contributed by atoms with van der Waals surface area (Å²) in [7, 11) is 1.45. The van der Waals surface area contributed by atoms with Gasteiger partial charge in [0.2, 0.25) is 5.91 Å². The van der Waals surface area contributed by atoms with Crippen LogP contribution in [0.5, 0.6) is 5.75 Å². The molecule has 0 aliphatic heterocycles. The Morgan fingerprint density at radius 1 is 1.56 bits per heavy atom. The molecule has 1 amide bonds. The Kier molecular flexibility index (Phi) is 4.86. The van der Waals surface area contributed by atoms with E-state index >= 15 is 0 Å². The highest BCUT2D eigenvalue weighted by Crippen LogP contribution is 2.25. The molecule has 1 rings (SSSR count). The molecule has 0 fully saturated rings. The van der Waals surface area contributed by atoms with Gasteiger partial charge in [0.05, 0.1) is 18.1 Å². The molecule has 0 aliphatic carbocycles. The number of nitrogens with one attached hydrogen (secondary N) is 1. The maximum Gasteiger partial charge on any atom is 0.273 e. The van der Waals surface area contributed by atoms with Crippen LogP contribution in [-0.4, -0.2) is 24.5 Å². The van der Waals surface area contributed by atoms with E-state index in [1.165, 1.54) is 26.2 Å². The molecule has 0 bridgehead atoms. The van der Waals surface area contributed by atoms with Crippen LogP contribution in [-0.2, 0) is 4.79 Å². The largest absolute Gasteiger partial charge is 0.496 e. The molecule has 0 saturated heterocycles. The number of hydrogen-bond donors (Lipinski definition) is 1. The van der Waals surface area contributed by atoms with Gasteiger partial charge in [-0.15, -0.1) is 0 Å². The third-order valence-corrected chi connectivity index (χ3v) is 2.19. The molecule has 0 aliphatic rings. The van der Waals surface area contributed by atoms with Gasteiger partial charge < -0.3 is 10.1 Å². The fraction of sp³-hybridized carbons (Fsp3) is 0.250. The number of methoxy groups -OCH3 is 1. The Bertz CT molecular complexity index is 483. The average molecular weight is 250 g/mol. The Morgan fingerprint density at radius 2 is 2.28 bits per heavy atom. The van der Waals surface area contributed by atoms with E-state index in [0.717, 1.165) is 0 Å². The minimum Gasteiger partial charge on any atom is -0.496 e. The van der Waals surface area contributed by atoms with Crippen molar-refractivity contribution in [2.24, 2.45) is 0 Å². The molecule has 6 nitrogen and oxygen atoms in total. The van der Waals surface area contributed by atoms with Crippen LogP contribution in [0.25, 0.3) is 6.08 Å². The standard InChI is InChI=1S/C12H14N2O4/c1-9(15)13-7-3-4-10-5-6-11(14(16)17)8-12(10)18-2/h3-6,8H,7H2,1-2H3,(H,13,15). The van der Waals surface area contributed by atoms with Gasteiger partial charge in [-0.05, 0) is 6.07 Å². The molecule has 0 spiro atoms. The summed E-state index contributed by atoms with van der Waals surface area (Å²) < 4.78 is 5.07. The van der Waals surface area contributed by atoms with E-state index in [4.69, 9.17) is 4.74 Å². The van der Waals surface area contributed by atoms with Crippen LogP contribution in [0.2, 0.25) is 0 Å². The van der Waals surface area contributed by atoms with Crippen molar-refractivity contribution >= 4 is 17.7 Å². The van der Waals surface area contributed by atoms with Crippen LogP contribution >= 0.6 is 0 Å². The van der Waals surface area contributed by atoms with Crippen LogP contribution in [0.1, 0.15) is 12.5 Å². The van der Waals surface area contributed by atoms with Crippen molar-refractivity contribution in [1.82, 2.24) is 5.32 Å². The van der Waals surface area contributed by atoms with Gasteiger partial charge in [0.15, 0.2) is 0 Å². The molecule has 0 unspecified atom stereocenters. The molecule has 0 saturated carbocycles. The lowest BCUT2D eigenvalue weighted by Gasteiger charge is -2.04. The lowest BCUT2D eigenvalue weighted by molar-refractivity contribution is -0.384. The summed E-state index contributed by atoms with van der Waals surface area (Å²) in [5.41, 5.74) is 0.694. The lowest BCUT2D eigenvalue weighted by atomic mass is 10.1. The second-order valence-electron chi connectivity index (χ2n) is 3.52. The first-order valence-electron chi connectivity index (χ1n) is 5.28. The fourth-order valence-electron chi connectivity index (χ4n) is 1.34. The third kappa shape index (κ3) is 3.89. The van der Waals surface area contributed by atoms with Crippen molar-refractivity contribution in [3.63, 3.8) is 0 Å². The third-order valence-electron chi connectivity index (χ3n) is 2.19. The molecule has 6 heteroatoms. The number of amides is 1. The van der Waals surface area contributed by atoms with Gasteiger partial charge in [-0.1, -0.05) is 12.2 Å². The van der Waals surface area contributed by atoms with Crippen LogP contribution < -0.4 is 10.1 Å². The molecular weight excluding hydrogens is 236 g/mol. The topological polar surface area (TPSA) is 81.5 Å². The predicted octanol–water partition coefficient (Wildman–Crippen LogP) is 1.75. The normalized spacial score (nSPS) is 10.3. The smallest absolute Gasteiger partial charge is 0.273 e. The Labute approximate surface area is 104 Å². The van der Waals surface area contributed by atoms with Crippen molar-refractivity contribution in [2.75, 3.05) is 13.7 Å². The van der Waals surface area contributed by atoms with Gasteiger partial charge in [-0.3, -0.25) is 14.9 Å². The number of nitro groups is 1. The number of hydrogen-bond acceptors (Lipinski definition) is 4. The van der Waals surface area contributed by atoms with Gasteiger partial charge in [0.25, 0.3) is 5.69 Å². The molecular formula is C12H14N2O4. The number of benzene rings is 1. The number of ether oxygens (including phenoxy) is 1. The molecule has 1 aromatic rings. The van der Waals surface area contributed by atoms with Crippen LogP contribution in [0.15, 0.2) is 24.3 Å². The van der Waals surface area contributed by atoms with E-state index in [-0.39, 0.29) is 11.6 Å². The monoisotopic (exact) mass is 250 g/mol. The second kappa shape index (κ2) is 6.39. The number of non-ortho nitro benzene ring substituents is 1. The lowest BCUT2D eigenvalue weighted by Crippen LogP contribution is -2.19. The van der Waals surface area contributed by atoms with E-state index in [2.05, 4.69) is 5.32 Å². The van der Waals surface area contributed by atoms with Gasteiger partial charge in [0, 0.05) is 25.1 Å². The van der Waals surface area contributed by atoms with Gasteiger partial charge in [-0.2, -0.15) is 0 Å². The highest BCUT2D eigenvalue weighted by molar-refractivity contribution is 5.73.